The molecule has 1 saturated heterocycles. The fraction of sp³-hybridized carbons (Fsp3) is 0.391. The van der Waals surface area contributed by atoms with Crippen LogP contribution < -0.4 is 20.7 Å². The maximum absolute atomic E-state index is 12.2. The molecule has 1 unspecified atom stereocenters. The second-order valence-corrected chi connectivity index (χ2v) is 7.14. The smallest absolute Gasteiger partial charge is 0.253 e. The molecule has 1 fully saturated rings. The van der Waals surface area contributed by atoms with Gasteiger partial charge in [0.1, 0.15) is 11.9 Å². The van der Waals surface area contributed by atoms with Gasteiger partial charge in [-0.3, -0.25) is 9.79 Å². The molecular weight excluding hydrogens is 507 g/mol. The third kappa shape index (κ3) is 8.02. The molecule has 8 heteroatoms. The van der Waals surface area contributed by atoms with E-state index in [0.717, 1.165) is 48.8 Å². The van der Waals surface area contributed by atoms with Crippen molar-refractivity contribution in [3.8, 4) is 5.75 Å². The SMILES string of the molecule is CN=C(NCCc1ccc(OC)cc1)NCc1cccc(NC(=O)C2CCCO2)c1.I. The van der Waals surface area contributed by atoms with Gasteiger partial charge >= 0.3 is 0 Å². The van der Waals surface area contributed by atoms with E-state index in [2.05, 4.69) is 33.1 Å². The molecular formula is C23H31IN4O3. The van der Waals surface area contributed by atoms with Gasteiger partial charge in [-0.15, -0.1) is 24.0 Å². The molecule has 2 aromatic carbocycles. The summed E-state index contributed by atoms with van der Waals surface area (Å²) in [6.07, 6.45) is 2.27. The molecule has 0 radical (unpaired) electrons. The van der Waals surface area contributed by atoms with Crippen molar-refractivity contribution in [3.05, 3.63) is 59.7 Å². The predicted octanol–water partition coefficient (Wildman–Crippen LogP) is 3.34. The number of rotatable bonds is 8. The summed E-state index contributed by atoms with van der Waals surface area (Å²) in [4.78, 5) is 16.5. The second kappa shape index (κ2) is 13.2. The Labute approximate surface area is 201 Å². The van der Waals surface area contributed by atoms with Crippen molar-refractivity contribution >= 4 is 41.5 Å². The fourth-order valence-electron chi connectivity index (χ4n) is 3.29. The highest BCUT2D eigenvalue weighted by Gasteiger charge is 2.23. The highest BCUT2D eigenvalue weighted by atomic mass is 127. The molecule has 3 N–H and O–H groups in total. The summed E-state index contributed by atoms with van der Waals surface area (Å²) in [6, 6.07) is 15.9. The van der Waals surface area contributed by atoms with Crippen LogP contribution in [0.1, 0.15) is 24.0 Å². The molecule has 1 aliphatic heterocycles. The standard InChI is InChI=1S/C23H30N4O3.HI/c1-24-23(25-13-12-17-8-10-20(29-2)11-9-17)26-16-18-5-3-6-19(15-18)27-22(28)21-7-4-14-30-21;/h3,5-6,8-11,15,21H,4,7,12-14,16H2,1-2H3,(H,27,28)(H2,24,25,26);1H. The maximum atomic E-state index is 12.2. The largest absolute Gasteiger partial charge is 0.497 e. The summed E-state index contributed by atoms with van der Waals surface area (Å²) in [5.74, 6) is 1.52. The van der Waals surface area contributed by atoms with Crippen LogP contribution in [0.3, 0.4) is 0 Å². The van der Waals surface area contributed by atoms with E-state index in [-0.39, 0.29) is 36.0 Å². The first-order valence-electron chi connectivity index (χ1n) is 10.3. The van der Waals surface area contributed by atoms with Crippen molar-refractivity contribution in [2.24, 2.45) is 4.99 Å². The number of aliphatic imine (C=N–C) groups is 1. The summed E-state index contributed by atoms with van der Waals surface area (Å²) >= 11 is 0. The molecule has 0 aromatic heterocycles. The molecule has 1 aliphatic rings. The van der Waals surface area contributed by atoms with E-state index in [1.54, 1.807) is 14.2 Å². The third-order valence-corrected chi connectivity index (χ3v) is 4.97. The molecule has 1 amide bonds. The number of guanidine groups is 1. The highest BCUT2D eigenvalue weighted by molar-refractivity contribution is 14.0. The van der Waals surface area contributed by atoms with Gasteiger partial charge in [-0.25, -0.2) is 0 Å². The van der Waals surface area contributed by atoms with Crippen molar-refractivity contribution in [2.45, 2.75) is 31.9 Å². The molecule has 0 aliphatic carbocycles. The number of benzene rings is 2. The van der Waals surface area contributed by atoms with Crippen molar-refractivity contribution < 1.29 is 14.3 Å². The third-order valence-electron chi connectivity index (χ3n) is 4.97. The Morgan fingerprint density at radius 1 is 1.16 bits per heavy atom. The zero-order valence-electron chi connectivity index (χ0n) is 18.0. The number of methoxy groups -OCH3 is 1. The van der Waals surface area contributed by atoms with E-state index < -0.39 is 0 Å². The maximum Gasteiger partial charge on any atom is 0.253 e. The van der Waals surface area contributed by atoms with Gasteiger partial charge in [0.15, 0.2) is 5.96 Å². The summed E-state index contributed by atoms with van der Waals surface area (Å²) in [5, 5.41) is 9.57. The highest BCUT2D eigenvalue weighted by Crippen LogP contribution is 2.16. The number of carbonyl (C=O) groups excluding carboxylic acids is 1. The minimum absolute atomic E-state index is 0. The van der Waals surface area contributed by atoms with Crippen LogP contribution in [-0.2, 0) is 22.5 Å². The zero-order valence-corrected chi connectivity index (χ0v) is 20.3. The Bertz CT molecular complexity index is 852. The fourth-order valence-corrected chi connectivity index (χ4v) is 3.29. The minimum Gasteiger partial charge on any atom is -0.497 e. The van der Waals surface area contributed by atoms with Crippen LogP contribution in [0.4, 0.5) is 5.69 Å². The monoisotopic (exact) mass is 538 g/mol. The van der Waals surface area contributed by atoms with Gasteiger partial charge in [-0.05, 0) is 54.7 Å². The number of carbonyl (C=O) groups is 1. The molecule has 1 heterocycles. The van der Waals surface area contributed by atoms with Crippen LogP contribution in [0.15, 0.2) is 53.5 Å². The lowest BCUT2D eigenvalue weighted by molar-refractivity contribution is -0.124. The number of anilines is 1. The van der Waals surface area contributed by atoms with Gasteiger partial charge in [0.2, 0.25) is 0 Å². The minimum atomic E-state index is -0.333. The number of hydrogen-bond donors (Lipinski definition) is 3. The van der Waals surface area contributed by atoms with E-state index in [4.69, 9.17) is 9.47 Å². The number of ether oxygens (including phenoxy) is 2. The molecule has 2 aromatic rings. The van der Waals surface area contributed by atoms with Crippen molar-refractivity contribution in [2.75, 3.05) is 32.6 Å². The number of nitrogens with zero attached hydrogens (tertiary/aromatic N) is 1. The van der Waals surface area contributed by atoms with E-state index in [1.807, 2.05) is 36.4 Å². The van der Waals surface area contributed by atoms with Gasteiger partial charge in [-0.1, -0.05) is 24.3 Å². The first-order valence-corrected chi connectivity index (χ1v) is 10.3. The average molecular weight is 538 g/mol. The van der Waals surface area contributed by atoms with Crippen LogP contribution in [0.25, 0.3) is 0 Å². The Balaban J connectivity index is 0.00000341. The van der Waals surface area contributed by atoms with Gasteiger partial charge in [0.25, 0.3) is 5.91 Å². The zero-order chi connectivity index (χ0) is 21.2. The van der Waals surface area contributed by atoms with Crippen LogP contribution in [0, 0.1) is 0 Å². The van der Waals surface area contributed by atoms with Gasteiger partial charge in [0, 0.05) is 32.4 Å². The van der Waals surface area contributed by atoms with Crippen molar-refractivity contribution in [1.29, 1.82) is 0 Å². The van der Waals surface area contributed by atoms with E-state index in [9.17, 15) is 4.79 Å². The first kappa shape index (κ1) is 24.9. The molecule has 0 spiro atoms. The number of nitrogens with one attached hydrogen (secondary N) is 3. The van der Waals surface area contributed by atoms with E-state index >= 15 is 0 Å². The summed E-state index contributed by atoms with van der Waals surface area (Å²) in [5.41, 5.74) is 3.06. The molecule has 3 rings (SSSR count). The van der Waals surface area contributed by atoms with Gasteiger partial charge < -0.3 is 25.4 Å². The van der Waals surface area contributed by atoms with Crippen LogP contribution in [0.2, 0.25) is 0 Å². The molecule has 7 nitrogen and oxygen atoms in total. The summed E-state index contributed by atoms with van der Waals surface area (Å²) < 4.78 is 10.6. The number of amides is 1. The molecule has 31 heavy (non-hydrogen) atoms. The Kier molecular flexibility index (Phi) is 10.6. The Hall–Kier alpha value is -2.33. The lowest BCUT2D eigenvalue weighted by Crippen LogP contribution is -2.37. The number of halogens is 1. The molecule has 0 saturated carbocycles. The lowest BCUT2D eigenvalue weighted by Gasteiger charge is -2.14. The summed E-state index contributed by atoms with van der Waals surface area (Å²) in [7, 11) is 3.42. The van der Waals surface area contributed by atoms with Gasteiger partial charge in [-0.2, -0.15) is 0 Å². The Morgan fingerprint density at radius 3 is 2.65 bits per heavy atom. The molecule has 0 bridgehead atoms. The Morgan fingerprint density at radius 2 is 1.97 bits per heavy atom. The van der Waals surface area contributed by atoms with Crippen molar-refractivity contribution in [3.63, 3.8) is 0 Å². The van der Waals surface area contributed by atoms with Crippen molar-refractivity contribution in [1.82, 2.24) is 10.6 Å². The van der Waals surface area contributed by atoms with E-state index in [1.165, 1.54) is 5.56 Å². The lowest BCUT2D eigenvalue weighted by atomic mass is 10.1. The summed E-state index contributed by atoms with van der Waals surface area (Å²) in [6.45, 7) is 2.03. The normalized spacial score (nSPS) is 15.7. The second-order valence-electron chi connectivity index (χ2n) is 7.14. The first-order chi connectivity index (χ1) is 14.7. The van der Waals surface area contributed by atoms with Crippen LogP contribution >= 0.6 is 24.0 Å². The molecule has 168 valence electrons. The van der Waals surface area contributed by atoms with Gasteiger partial charge in [0.05, 0.1) is 7.11 Å². The quantitative estimate of drug-likeness (QED) is 0.273. The molecule has 1 atom stereocenters. The topological polar surface area (TPSA) is 84.0 Å². The van der Waals surface area contributed by atoms with Crippen LogP contribution in [-0.4, -0.2) is 45.3 Å². The predicted molar refractivity (Wildman–Crippen MR) is 134 cm³/mol. The van der Waals surface area contributed by atoms with Crippen LogP contribution in [0.5, 0.6) is 5.75 Å². The number of hydrogen-bond acceptors (Lipinski definition) is 4. The average Bonchev–Trinajstić information content (AvgIpc) is 3.32. The van der Waals surface area contributed by atoms with E-state index in [0.29, 0.717) is 13.2 Å².